The summed E-state index contributed by atoms with van der Waals surface area (Å²) in [7, 11) is 3.81. The van der Waals surface area contributed by atoms with Crippen molar-refractivity contribution in [1.29, 1.82) is 0 Å². The molecular formula is C25H35N3O3. The van der Waals surface area contributed by atoms with Crippen LogP contribution < -0.4 is 4.74 Å². The summed E-state index contributed by atoms with van der Waals surface area (Å²) in [6, 6.07) is 7.41. The van der Waals surface area contributed by atoms with Crippen molar-refractivity contribution < 1.29 is 14.3 Å². The Morgan fingerprint density at radius 2 is 1.61 bits per heavy atom. The molecule has 6 heteroatoms. The molecule has 0 unspecified atom stereocenters. The average Bonchev–Trinajstić information content (AvgIpc) is 3.51. The number of nitrogens with zero attached hydrogens (tertiary/aromatic N) is 3. The molecule has 1 spiro atoms. The Morgan fingerprint density at radius 1 is 0.935 bits per heavy atom. The van der Waals surface area contributed by atoms with Crippen molar-refractivity contribution in [1.82, 2.24) is 14.7 Å². The van der Waals surface area contributed by atoms with E-state index < -0.39 is 0 Å². The van der Waals surface area contributed by atoms with Crippen LogP contribution in [0.25, 0.3) is 0 Å². The summed E-state index contributed by atoms with van der Waals surface area (Å²) < 4.78 is 5.21. The maximum absolute atomic E-state index is 13.7. The summed E-state index contributed by atoms with van der Waals surface area (Å²) >= 11 is 0. The van der Waals surface area contributed by atoms with Crippen LogP contribution in [0.2, 0.25) is 0 Å². The molecule has 4 fully saturated rings. The fourth-order valence-corrected chi connectivity index (χ4v) is 7.05. The lowest BCUT2D eigenvalue weighted by Crippen LogP contribution is -2.50. The molecule has 1 aromatic rings. The second-order valence-electron chi connectivity index (χ2n) is 10.3. The van der Waals surface area contributed by atoms with Crippen LogP contribution in [-0.4, -0.2) is 79.9 Å². The summed E-state index contributed by atoms with van der Waals surface area (Å²) in [5.41, 5.74) is 0.736. The Hall–Kier alpha value is -2.08. The first-order valence-electron chi connectivity index (χ1n) is 11.9. The Bertz CT molecular complexity index is 840. The summed E-state index contributed by atoms with van der Waals surface area (Å²) in [5.74, 6) is 1.73. The third-order valence-electron chi connectivity index (χ3n) is 8.72. The largest absolute Gasteiger partial charge is 0.497 e. The Labute approximate surface area is 185 Å². The molecule has 1 aliphatic carbocycles. The van der Waals surface area contributed by atoms with Crippen LogP contribution in [0.1, 0.15) is 48.9 Å². The zero-order valence-electron chi connectivity index (χ0n) is 18.9. The molecule has 6 nitrogen and oxygen atoms in total. The smallest absolute Gasteiger partial charge is 0.253 e. The third-order valence-corrected chi connectivity index (χ3v) is 8.72. The van der Waals surface area contributed by atoms with E-state index in [2.05, 4.69) is 16.8 Å². The number of benzene rings is 1. The average molecular weight is 426 g/mol. The fourth-order valence-electron chi connectivity index (χ4n) is 7.05. The summed E-state index contributed by atoms with van der Waals surface area (Å²) in [6.45, 7) is 5.38. The van der Waals surface area contributed by atoms with Crippen molar-refractivity contribution >= 4 is 11.8 Å². The van der Waals surface area contributed by atoms with Crippen LogP contribution in [0.15, 0.2) is 24.3 Å². The maximum Gasteiger partial charge on any atom is 0.253 e. The number of carbonyl (C=O) groups is 2. The highest BCUT2D eigenvalue weighted by Gasteiger charge is 2.64. The number of ether oxygens (including phenoxy) is 1. The summed E-state index contributed by atoms with van der Waals surface area (Å²) in [5, 5.41) is 0. The van der Waals surface area contributed by atoms with Gasteiger partial charge in [0.2, 0.25) is 5.91 Å². The highest BCUT2D eigenvalue weighted by molar-refractivity contribution is 5.94. The van der Waals surface area contributed by atoms with Crippen molar-refractivity contribution in [2.75, 3.05) is 53.4 Å². The van der Waals surface area contributed by atoms with E-state index in [1.54, 1.807) is 7.11 Å². The van der Waals surface area contributed by atoms with Crippen LogP contribution in [-0.2, 0) is 4.79 Å². The normalized spacial score (nSPS) is 30.1. The monoisotopic (exact) mass is 425 g/mol. The van der Waals surface area contributed by atoms with Gasteiger partial charge in [-0.1, -0.05) is 0 Å². The zero-order chi connectivity index (χ0) is 21.6. The van der Waals surface area contributed by atoms with E-state index in [9.17, 15) is 9.59 Å². The van der Waals surface area contributed by atoms with Crippen molar-refractivity contribution in [3.8, 4) is 5.75 Å². The number of methoxy groups -OCH3 is 1. The molecule has 168 valence electrons. The Kier molecular flexibility index (Phi) is 5.24. The van der Waals surface area contributed by atoms with E-state index in [1.165, 1.54) is 0 Å². The van der Waals surface area contributed by atoms with Crippen molar-refractivity contribution in [2.24, 2.45) is 16.7 Å². The number of likely N-dealkylation sites (tertiary alicyclic amines) is 3. The number of piperidine rings is 1. The molecule has 0 bridgehead atoms. The minimum Gasteiger partial charge on any atom is -0.497 e. The molecule has 4 aliphatic rings. The van der Waals surface area contributed by atoms with Crippen LogP contribution in [0.3, 0.4) is 0 Å². The van der Waals surface area contributed by atoms with Gasteiger partial charge in [0.25, 0.3) is 5.91 Å². The third kappa shape index (κ3) is 3.34. The second kappa shape index (κ2) is 7.80. The predicted octanol–water partition coefficient (Wildman–Crippen LogP) is 2.88. The number of hydrogen-bond acceptors (Lipinski definition) is 4. The van der Waals surface area contributed by atoms with Gasteiger partial charge in [-0.3, -0.25) is 9.59 Å². The second-order valence-corrected chi connectivity index (χ2v) is 10.3. The van der Waals surface area contributed by atoms with Crippen LogP contribution in [0, 0.1) is 16.7 Å². The van der Waals surface area contributed by atoms with Gasteiger partial charge < -0.3 is 19.4 Å². The molecule has 5 rings (SSSR count). The van der Waals surface area contributed by atoms with Crippen LogP contribution in [0.4, 0.5) is 0 Å². The van der Waals surface area contributed by atoms with Gasteiger partial charge in [-0.25, -0.2) is 0 Å². The van der Waals surface area contributed by atoms with Crippen LogP contribution >= 0.6 is 0 Å². The highest BCUT2D eigenvalue weighted by Crippen LogP contribution is 2.62. The molecular weight excluding hydrogens is 390 g/mol. The lowest BCUT2D eigenvalue weighted by Gasteiger charge is -2.45. The van der Waals surface area contributed by atoms with Gasteiger partial charge in [-0.05, 0) is 81.2 Å². The lowest BCUT2D eigenvalue weighted by atomic mass is 9.65. The van der Waals surface area contributed by atoms with E-state index >= 15 is 0 Å². The number of fused-ring (bicyclic) bond motifs is 2. The first-order valence-corrected chi connectivity index (χ1v) is 11.9. The van der Waals surface area contributed by atoms with Gasteiger partial charge in [-0.15, -0.1) is 0 Å². The SMILES string of the molecule is COc1ccc(C(=O)N2CCC3(CC2)CC[C@@]2(C(=O)N4CCCC4)CN(C)C[C@@H]32)cc1. The molecule has 0 radical (unpaired) electrons. The number of carbonyl (C=O) groups excluding carboxylic acids is 2. The Morgan fingerprint density at radius 3 is 2.26 bits per heavy atom. The Balaban J connectivity index is 1.30. The van der Waals surface area contributed by atoms with Gasteiger partial charge in [-0.2, -0.15) is 0 Å². The molecule has 3 saturated heterocycles. The standard InChI is InChI=1S/C25H35N3O3/c1-26-17-21-24(9-10-25(21,18-26)23(30)28-13-3-4-14-28)11-15-27(16-12-24)22(29)19-5-7-20(31-2)8-6-19/h5-8,21H,3-4,9-18H2,1-2H3/t21-,25+/m0/s1. The fraction of sp³-hybridized carbons (Fsp3) is 0.680. The first-order chi connectivity index (χ1) is 15.0. The van der Waals surface area contributed by atoms with Crippen molar-refractivity contribution in [3.63, 3.8) is 0 Å². The summed E-state index contributed by atoms with van der Waals surface area (Å²) in [4.78, 5) is 33.2. The summed E-state index contributed by atoms with van der Waals surface area (Å²) in [6.07, 6.45) is 6.48. The van der Waals surface area contributed by atoms with Gasteiger partial charge >= 0.3 is 0 Å². The molecule has 31 heavy (non-hydrogen) atoms. The van der Waals surface area contributed by atoms with Gasteiger partial charge in [0.15, 0.2) is 0 Å². The van der Waals surface area contributed by atoms with Crippen molar-refractivity contribution in [2.45, 2.75) is 38.5 Å². The van der Waals surface area contributed by atoms with E-state index in [0.29, 0.717) is 11.8 Å². The van der Waals surface area contributed by atoms with Crippen molar-refractivity contribution in [3.05, 3.63) is 29.8 Å². The number of hydrogen-bond donors (Lipinski definition) is 0. The molecule has 2 amide bonds. The van der Waals surface area contributed by atoms with E-state index in [-0.39, 0.29) is 16.7 Å². The molecule has 1 saturated carbocycles. The van der Waals surface area contributed by atoms with Crippen LogP contribution in [0.5, 0.6) is 5.75 Å². The topological polar surface area (TPSA) is 53.1 Å². The molecule has 0 aromatic heterocycles. The minimum atomic E-state index is -0.193. The lowest BCUT2D eigenvalue weighted by molar-refractivity contribution is -0.142. The molecule has 1 aromatic carbocycles. The molecule has 0 N–H and O–H groups in total. The number of amides is 2. The van der Waals surface area contributed by atoms with Gasteiger partial charge in [0.05, 0.1) is 12.5 Å². The quantitative estimate of drug-likeness (QED) is 0.747. The van der Waals surface area contributed by atoms with E-state index in [0.717, 1.165) is 89.1 Å². The minimum absolute atomic E-state index is 0.110. The first kappa shape index (κ1) is 20.8. The maximum atomic E-state index is 13.7. The molecule has 3 aliphatic heterocycles. The highest BCUT2D eigenvalue weighted by atomic mass is 16.5. The number of rotatable bonds is 3. The van der Waals surface area contributed by atoms with E-state index in [1.807, 2.05) is 29.2 Å². The van der Waals surface area contributed by atoms with Gasteiger partial charge in [0.1, 0.15) is 5.75 Å². The zero-order valence-corrected chi connectivity index (χ0v) is 18.9. The predicted molar refractivity (Wildman–Crippen MR) is 119 cm³/mol. The molecule has 3 heterocycles. The molecule has 2 atom stereocenters. The van der Waals surface area contributed by atoms with Gasteiger partial charge in [0, 0.05) is 44.8 Å². The van der Waals surface area contributed by atoms with E-state index in [4.69, 9.17) is 4.74 Å².